The van der Waals surface area contributed by atoms with Crippen LogP contribution in [0.25, 0.3) is 0 Å². The highest BCUT2D eigenvalue weighted by Crippen LogP contribution is 2.30. The van der Waals surface area contributed by atoms with E-state index in [1.807, 2.05) is 0 Å². The Balaban J connectivity index is 1.45. The van der Waals surface area contributed by atoms with Crippen LogP contribution >= 0.6 is 0 Å². The fourth-order valence-electron chi connectivity index (χ4n) is 3.59. The second kappa shape index (κ2) is 6.53. The molecule has 1 aliphatic heterocycles. The van der Waals surface area contributed by atoms with Crippen LogP contribution in [0.5, 0.6) is 0 Å². The van der Waals surface area contributed by atoms with E-state index in [0.717, 1.165) is 19.0 Å². The lowest BCUT2D eigenvalue weighted by molar-refractivity contribution is 0.333. The second-order valence-electron chi connectivity index (χ2n) is 6.04. The van der Waals surface area contributed by atoms with Crippen LogP contribution in [-0.2, 0) is 6.42 Å². The predicted molar refractivity (Wildman–Crippen MR) is 80.7 cm³/mol. The van der Waals surface area contributed by atoms with E-state index in [0.29, 0.717) is 0 Å². The Kier molecular flexibility index (Phi) is 4.52. The van der Waals surface area contributed by atoms with E-state index >= 15 is 0 Å². The smallest absolute Gasteiger partial charge is 0.0107 e. The highest BCUT2D eigenvalue weighted by Gasteiger charge is 2.19. The lowest BCUT2D eigenvalue weighted by Crippen LogP contribution is -2.32. The van der Waals surface area contributed by atoms with Crippen molar-refractivity contribution in [3.05, 3.63) is 35.4 Å². The third-order valence-electron chi connectivity index (χ3n) is 4.69. The maximum atomic E-state index is 3.68. The molecule has 1 aromatic carbocycles. The summed E-state index contributed by atoms with van der Waals surface area (Å²) in [6.45, 7) is 6.17. The Morgan fingerprint density at radius 2 is 1.95 bits per heavy atom. The maximum absolute atomic E-state index is 3.68. The fourth-order valence-corrected chi connectivity index (χ4v) is 3.59. The number of rotatable bonds is 5. The standard InChI is InChI=1S/C17H26N2/c1-2-9-17-15(6-1)7-5-8-16(17)14-18-10-13-19-11-3-4-12-19/h1-2,6,9,16,18H,3-5,7-8,10-14H2. The Hall–Kier alpha value is -0.860. The van der Waals surface area contributed by atoms with Crippen molar-refractivity contribution in [2.45, 2.75) is 38.0 Å². The summed E-state index contributed by atoms with van der Waals surface area (Å²) in [6.07, 6.45) is 6.79. The zero-order chi connectivity index (χ0) is 12.9. The van der Waals surface area contributed by atoms with E-state index in [4.69, 9.17) is 0 Å². The van der Waals surface area contributed by atoms with Crippen LogP contribution in [0.2, 0.25) is 0 Å². The number of fused-ring (bicyclic) bond motifs is 1. The molecule has 2 heteroatoms. The number of benzene rings is 1. The molecule has 1 fully saturated rings. The Morgan fingerprint density at radius 3 is 2.84 bits per heavy atom. The van der Waals surface area contributed by atoms with Gasteiger partial charge >= 0.3 is 0 Å². The highest BCUT2D eigenvalue weighted by atomic mass is 15.1. The normalized spacial score (nSPS) is 23.5. The lowest BCUT2D eigenvalue weighted by Gasteiger charge is -2.26. The monoisotopic (exact) mass is 258 g/mol. The van der Waals surface area contributed by atoms with Crippen molar-refractivity contribution in [2.24, 2.45) is 0 Å². The summed E-state index contributed by atoms with van der Waals surface area (Å²) in [6, 6.07) is 9.02. The van der Waals surface area contributed by atoms with Gasteiger partial charge in [-0.1, -0.05) is 24.3 Å². The van der Waals surface area contributed by atoms with Crippen LogP contribution in [0.15, 0.2) is 24.3 Å². The largest absolute Gasteiger partial charge is 0.315 e. The molecule has 104 valence electrons. The van der Waals surface area contributed by atoms with E-state index in [9.17, 15) is 0 Å². The summed E-state index contributed by atoms with van der Waals surface area (Å²) in [5.41, 5.74) is 3.18. The van der Waals surface area contributed by atoms with E-state index in [1.165, 1.54) is 51.7 Å². The molecule has 2 nitrogen and oxygen atoms in total. The Labute approximate surface area is 117 Å². The molecule has 1 aromatic rings. The zero-order valence-electron chi connectivity index (χ0n) is 11.9. The topological polar surface area (TPSA) is 15.3 Å². The van der Waals surface area contributed by atoms with Crippen LogP contribution in [0.1, 0.15) is 42.7 Å². The lowest BCUT2D eigenvalue weighted by atomic mass is 9.83. The summed E-state index contributed by atoms with van der Waals surface area (Å²) in [5.74, 6) is 0.739. The minimum Gasteiger partial charge on any atom is -0.315 e. The van der Waals surface area contributed by atoms with Crippen molar-refractivity contribution in [1.29, 1.82) is 0 Å². The van der Waals surface area contributed by atoms with Gasteiger partial charge in [0.25, 0.3) is 0 Å². The van der Waals surface area contributed by atoms with Crippen LogP contribution < -0.4 is 5.32 Å². The summed E-state index contributed by atoms with van der Waals surface area (Å²) >= 11 is 0. The molecule has 3 rings (SSSR count). The van der Waals surface area contributed by atoms with Gasteiger partial charge in [-0.3, -0.25) is 0 Å². The van der Waals surface area contributed by atoms with Crippen LogP contribution in [0.4, 0.5) is 0 Å². The molecule has 0 spiro atoms. The van der Waals surface area contributed by atoms with Crippen molar-refractivity contribution >= 4 is 0 Å². The average molecular weight is 258 g/mol. The Bertz CT molecular complexity index is 396. The van der Waals surface area contributed by atoms with E-state index in [2.05, 4.69) is 34.5 Å². The van der Waals surface area contributed by atoms with Crippen molar-refractivity contribution in [3.63, 3.8) is 0 Å². The van der Waals surface area contributed by atoms with E-state index < -0.39 is 0 Å². The van der Waals surface area contributed by atoms with Gasteiger partial charge in [0, 0.05) is 19.6 Å². The number of nitrogens with zero attached hydrogens (tertiary/aromatic N) is 1. The molecule has 1 saturated heterocycles. The number of likely N-dealkylation sites (tertiary alicyclic amines) is 1. The second-order valence-corrected chi connectivity index (χ2v) is 6.04. The summed E-state index contributed by atoms with van der Waals surface area (Å²) in [4.78, 5) is 2.59. The van der Waals surface area contributed by atoms with Gasteiger partial charge in [-0.2, -0.15) is 0 Å². The first-order valence-corrected chi connectivity index (χ1v) is 7.94. The number of nitrogens with one attached hydrogen (secondary N) is 1. The Morgan fingerprint density at radius 1 is 1.11 bits per heavy atom. The molecule has 1 atom stereocenters. The van der Waals surface area contributed by atoms with Gasteiger partial charge in [-0.15, -0.1) is 0 Å². The quantitative estimate of drug-likeness (QED) is 0.817. The van der Waals surface area contributed by atoms with Gasteiger partial charge in [0.1, 0.15) is 0 Å². The van der Waals surface area contributed by atoms with Gasteiger partial charge < -0.3 is 10.2 Å². The molecule has 0 radical (unpaired) electrons. The van der Waals surface area contributed by atoms with Gasteiger partial charge in [0.2, 0.25) is 0 Å². The van der Waals surface area contributed by atoms with Crippen molar-refractivity contribution in [3.8, 4) is 0 Å². The van der Waals surface area contributed by atoms with E-state index in [-0.39, 0.29) is 0 Å². The molecule has 0 amide bonds. The molecule has 2 aliphatic rings. The van der Waals surface area contributed by atoms with Gasteiger partial charge in [-0.25, -0.2) is 0 Å². The summed E-state index contributed by atoms with van der Waals surface area (Å²) in [7, 11) is 0. The van der Waals surface area contributed by atoms with E-state index in [1.54, 1.807) is 11.1 Å². The molecule has 1 unspecified atom stereocenters. The molecule has 1 heterocycles. The van der Waals surface area contributed by atoms with Crippen molar-refractivity contribution in [1.82, 2.24) is 10.2 Å². The molecule has 0 saturated carbocycles. The predicted octanol–water partition coefficient (Wildman–Crippen LogP) is 2.79. The highest BCUT2D eigenvalue weighted by molar-refractivity contribution is 5.32. The molecular formula is C17H26N2. The fraction of sp³-hybridized carbons (Fsp3) is 0.647. The van der Waals surface area contributed by atoms with Crippen LogP contribution in [0.3, 0.4) is 0 Å². The molecule has 1 aliphatic carbocycles. The first-order chi connectivity index (χ1) is 9.43. The first kappa shape index (κ1) is 13.1. The first-order valence-electron chi connectivity index (χ1n) is 7.94. The average Bonchev–Trinajstić information content (AvgIpc) is 2.97. The van der Waals surface area contributed by atoms with Crippen LogP contribution in [-0.4, -0.2) is 37.6 Å². The maximum Gasteiger partial charge on any atom is 0.0107 e. The number of hydrogen-bond acceptors (Lipinski definition) is 2. The van der Waals surface area contributed by atoms with Crippen LogP contribution in [0, 0.1) is 0 Å². The minimum atomic E-state index is 0.739. The minimum absolute atomic E-state index is 0.739. The summed E-state index contributed by atoms with van der Waals surface area (Å²) in [5, 5.41) is 3.68. The SMILES string of the molecule is c1ccc2c(c1)CCCC2CNCCN1CCCC1. The van der Waals surface area contributed by atoms with Crippen molar-refractivity contribution in [2.75, 3.05) is 32.7 Å². The molecule has 1 N–H and O–H groups in total. The molecule has 19 heavy (non-hydrogen) atoms. The number of aryl methyl sites for hydroxylation is 1. The third-order valence-corrected chi connectivity index (χ3v) is 4.69. The van der Waals surface area contributed by atoms with Gasteiger partial charge in [0.05, 0.1) is 0 Å². The van der Waals surface area contributed by atoms with Gasteiger partial charge in [-0.05, 0) is 62.2 Å². The molecule has 0 aromatic heterocycles. The number of hydrogen-bond donors (Lipinski definition) is 1. The molecular weight excluding hydrogens is 232 g/mol. The summed E-state index contributed by atoms with van der Waals surface area (Å²) < 4.78 is 0. The van der Waals surface area contributed by atoms with Crippen molar-refractivity contribution < 1.29 is 0 Å². The van der Waals surface area contributed by atoms with Gasteiger partial charge in [0.15, 0.2) is 0 Å². The third kappa shape index (κ3) is 3.37. The zero-order valence-corrected chi connectivity index (χ0v) is 11.9. The molecule has 0 bridgehead atoms.